The van der Waals surface area contributed by atoms with Gasteiger partial charge in [0, 0.05) is 6.54 Å². The Hall–Kier alpha value is -0.870. The van der Waals surface area contributed by atoms with E-state index in [0.717, 1.165) is 13.1 Å². The van der Waals surface area contributed by atoms with Crippen LogP contribution in [0.3, 0.4) is 0 Å². The Bertz CT molecular complexity index is 307. The van der Waals surface area contributed by atoms with Gasteiger partial charge >= 0.3 is 0 Å². The van der Waals surface area contributed by atoms with E-state index in [4.69, 9.17) is 17.3 Å². The van der Waals surface area contributed by atoms with Gasteiger partial charge in [-0.3, -0.25) is 0 Å². The number of nitrogens with one attached hydrogen (secondary N) is 1. The maximum Gasteiger partial charge on any atom is 0.222 e. The van der Waals surface area contributed by atoms with Crippen molar-refractivity contribution in [2.45, 2.75) is 12.8 Å². The molecule has 0 aliphatic heterocycles. The zero-order chi connectivity index (χ0) is 10.0. The van der Waals surface area contributed by atoms with Gasteiger partial charge in [0.1, 0.15) is 0 Å². The lowest BCUT2D eigenvalue weighted by molar-refractivity contribution is 0.554. The summed E-state index contributed by atoms with van der Waals surface area (Å²) >= 11 is 5.67. The van der Waals surface area contributed by atoms with Gasteiger partial charge in [0.15, 0.2) is 0 Å². The number of nitrogens with two attached hydrogens (primary N) is 1. The van der Waals surface area contributed by atoms with Crippen molar-refractivity contribution >= 4 is 17.5 Å². The monoisotopic (exact) mass is 212 g/mol. The van der Waals surface area contributed by atoms with E-state index in [0.29, 0.717) is 16.4 Å². The number of rotatable bonds is 4. The third-order valence-electron chi connectivity index (χ3n) is 2.63. The van der Waals surface area contributed by atoms with Gasteiger partial charge in [-0.1, -0.05) is 11.6 Å². The Morgan fingerprint density at radius 1 is 1.43 bits per heavy atom. The minimum Gasteiger partial charge on any atom is -0.354 e. The maximum absolute atomic E-state index is 5.67. The Kier molecular flexibility index (Phi) is 2.56. The largest absolute Gasteiger partial charge is 0.354 e. The molecule has 0 bridgehead atoms. The highest BCUT2D eigenvalue weighted by atomic mass is 35.5. The molecule has 0 unspecified atom stereocenters. The Balaban J connectivity index is 1.89. The summed E-state index contributed by atoms with van der Waals surface area (Å²) in [6.45, 7) is 1.58. The van der Waals surface area contributed by atoms with E-state index < -0.39 is 0 Å². The topological polar surface area (TPSA) is 63.8 Å². The maximum atomic E-state index is 5.67. The smallest absolute Gasteiger partial charge is 0.222 e. The molecule has 14 heavy (non-hydrogen) atoms. The van der Waals surface area contributed by atoms with Crippen LogP contribution in [0.2, 0.25) is 5.02 Å². The molecule has 1 aromatic heterocycles. The number of hydrogen-bond donors (Lipinski definition) is 2. The summed E-state index contributed by atoms with van der Waals surface area (Å²) in [5.74, 6) is 0.620. The summed E-state index contributed by atoms with van der Waals surface area (Å²) in [5.41, 5.74) is 5.95. The Morgan fingerprint density at radius 3 is 2.57 bits per heavy atom. The Labute approximate surface area is 87.9 Å². The predicted octanol–water partition coefficient (Wildman–Crippen LogP) is 1.28. The van der Waals surface area contributed by atoms with Crippen LogP contribution in [0.15, 0.2) is 12.4 Å². The van der Waals surface area contributed by atoms with Crippen LogP contribution in [-0.2, 0) is 0 Å². The fraction of sp³-hybridized carbons (Fsp3) is 0.556. The van der Waals surface area contributed by atoms with E-state index in [9.17, 15) is 0 Å². The molecule has 1 heterocycles. The summed E-state index contributed by atoms with van der Waals surface area (Å²) in [6, 6.07) is 0. The second-order valence-corrected chi connectivity index (χ2v) is 4.22. The highest BCUT2D eigenvalue weighted by Crippen LogP contribution is 2.44. The van der Waals surface area contributed by atoms with Crippen LogP contribution < -0.4 is 11.1 Å². The minimum absolute atomic E-state index is 0.295. The minimum atomic E-state index is 0.295. The number of halogens is 1. The zero-order valence-corrected chi connectivity index (χ0v) is 8.59. The summed E-state index contributed by atoms with van der Waals surface area (Å²) < 4.78 is 0. The molecule has 0 saturated heterocycles. The molecule has 0 aromatic carbocycles. The van der Waals surface area contributed by atoms with Crippen LogP contribution in [0, 0.1) is 5.41 Å². The molecule has 3 N–H and O–H groups in total. The van der Waals surface area contributed by atoms with Crippen LogP contribution in [0.4, 0.5) is 5.95 Å². The van der Waals surface area contributed by atoms with Gasteiger partial charge in [-0.05, 0) is 24.8 Å². The summed E-state index contributed by atoms with van der Waals surface area (Å²) in [4.78, 5) is 8.10. The lowest BCUT2D eigenvalue weighted by Gasteiger charge is -2.12. The molecule has 0 atom stereocenters. The third kappa shape index (κ3) is 2.13. The third-order valence-corrected chi connectivity index (χ3v) is 2.83. The molecule has 1 aliphatic carbocycles. The van der Waals surface area contributed by atoms with E-state index in [2.05, 4.69) is 15.3 Å². The van der Waals surface area contributed by atoms with E-state index in [-0.39, 0.29) is 0 Å². The predicted molar refractivity (Wildman–Crippen MR) is 56.3 cm³/mol. The van der Waals surface area contributed by atoms with Gasteiger partial charge in [0.2, 0.25) is 5.95 Å². The van der Waals surface area contributed by atoms with Crippen molar-refractivity contribution in [1.82, 2.24) is 9.97 Å². The van der Waals surface area contributed by atoms with Gasteiger partial charge in [0.05, 0.1) is 17.4 Å². The molecule has 2 rings (SSSR count). The molecule has 4 nitrogen and oxygen atoms in total. The molecular weight excluding hydrogens is 200 g/mol. The van der Waals surface area contributed by atoms with Gasteiger partial charge in [0.25, 0.3) is 0 Å². The number of nitrogens with zero attached hydrogens (tertiary/aromatic N) is 2. The molecular formula is C9H13ClN4. The van der Waals surface area contributed by atoms with Gasteiger partial charge < -0.3 is 11.1 Å². The van der Waals surface area contributed by atoms with Crippen molar-refractivity contribution < 1.29 is 0 Å². The zero-order valence-electron chi connectivity index (χ0n) is 7.83. The first-order valence-electron chi connectivity index (χ1n) is 4.66. The van der Waals surface area contributed by atoms with Crippen LogP contribution in [0.25, 0.3) is 0 Å². The second kappa shape index (κ2) is 3.71. The van der Waals surface area contributed by atoms with E-state index in [1.807, 2.05) is 0 Å². The van der Waals surface area contributed by atoms with Crippen molar-refractivity contribution in [3.63, 3.8) is 0 Å². The van der Waals surface area contributed by atoms with E-state index in [1.54, 1.807) is 12.4 Å². The van der Waals surface area contributed by atoms with Crippen molar-refractivity contribution in [3.05, 3.63) is 17.4 Å². The molecule has 5 heteroatoms. The molecule has 1 fully saturated rings. The molecule has 0 spiro atoms. The number of anilines is 1. The fourth-order valence-corrected chi connectivity index (χ4v) is 1.40. The highest BCUT2D eigenvalue weighted by molar-refractivity contribution is 6.30. The van der Waals surface area contributed by atoms with Crippen LogP contribution in [-0.4, -0.2) is 23.1 Å². The summed E-state index contributed by atoms with van der Waals surface area (Å²) in [5, 5.41) is 3.72. The number of hydrogen-bond acceptors (Lipinski definition) is 4. The molecule has 1 saturated carbocycles. The summed E-state index contributed by atoms with van der Waals surface area (Å²) in [7, 11) is 0. The molecule has 1 aromatic rings. The molecule has 76 valence electrons. The molecule has 0 amide bonds. The quantitative estimate of drug-likeness (QED) is 0.789. The summed E-state index contributed by atoms with van der Waals surface area (Å²) in [6.07, 6.45) is 5.56. The van der Waals surface area contributed by atoms with Gasteiger partial charge in [-0.25, -0.2) is 9.97 Å². The average Bonchev–Trinajstić information content (AvgIpc) is 2.98. The van der Waals surface area contributed by atoms with E-state index >= 15 is 0 Å². The molecule has 1 aliphatic rings. The Morgan fingerprint density at radius 2 is 2.07 bits per heavy atom. The fourth-order valence-electron chi connectivity index (χ4n) is 1.30. The van der Waals surface area contributed by atoms with Gasteiger partial charge in [-0.15, -0.1) is 0 Å². The first-order chi connectivity index (χ1) is 6.74. The van der Waals surface area contributed by atoms with Crippen LogP contribution in [0.1, 0.15) is 12.8 Å². The van der Waals surface area contributed by atoms with Gasteiger partial charge in [-0.2, -0.15) is 0 Å². The lowest BCUT2D eigenvalue weighted by atomic mass is 10.1. The molecule has 0 radical (unpaired) electrons. The first kappa shape index (κ1) is 9.68. The van der Waals surface area contributed by atoms with Crippen molar-refractivity contribution in [2.75, 3.05) is 18.4 Å². The van der Waals surface area contributed by atoms with Crippen molar-refractivity contribution in [2.24, 2.45) is 11.1 Å². The SMILES string of the molecule is NCC1(CNc2ncc(Cl)cn2)CC1. The highest BCUT2D eigenvalue weighted by Gasteiger charge is 2.40. The average molecular weight is 213 g/mol. The van der Waals surface area contributed by atoms with Crippen LogP contribution >= 0.6 is 11.6 Å². The first-order valence-corrected chi connectivity index (χ1v) is 5.03. The number of aromatic nitrogens is 2. The van der Waals surface area contributed by atoms with Crippen LogP contribution in [0.5, 0.6) is 0 Å². The standard InChI is InChI=1S/C9H13ClN4/c10-7-3-12-8(13-4-7)14-6-9(5-11)1-2-9/h3-4H,1-2,5-6,11H2,(H,12,13,14). The second-order valence-electron chi connectivity index (χ2n) is 3.78. The lowest BCUT2D eigenvalue weighted by Crippen LogP contribution is -2.24. The normalized spacial score (nSPS) is 17.9. The van der Waals surface area contributed by atoms with Crippen molar-refractivity contribution in [3.8, 4) is 0 Å². The van der Waals surface area contributed by atoms with Crippen molar-refractivity contribution in [1.29, 1.82) is 0 Å². The van der Waals surface area contributed by atoms with E-state index in [1.165, 1.54) is 12.8 Å².